The Morgan fingerprint density at radius 3 is 2.61 bits per heavy atom. The summed E-state index contributed by atoms with van der Waals surface area (Å²) in [4.78, 5) is 38.7. The number of nitro benzene ring substituents is 1. The maximum absolute atomic E-state index is 12.3. The number of thiazole rings is 1. The van der Waals surface area contributed by atoms with Gasteiger partial charge in [-0.25, -0.2) is 4.98 Å². The molecule has 0 fully saturated rings. The van der Waals surface area contributed by atoms with Gasteiger partial charge >= 0.3 is 0 Å². The number of aromatic nitrogens is 1. The number of nitrogens with one attached hydrogen (secondary N) is 2. The Morgan fingerprint density at radius 2 is 1.86 bits per heavy atom. The maximum Gasteiger partial charge on any atom is 0.275 e. The summed E-state index contributed by atoms with van der Waals surface area (Å²) < 4.78 is 0. The van der Waals surface area contributed by atoms with Crippen molar-refractivity contribution in [2.75, 3.05) is 10.6 Å². The Balaban J connectivity index is 1.55. The van der Waals surface area contributed by atoms with Crippen LogP contribution in [0.2, 0.25) is 0 Å². The average molecular weight is 396 g/mol. The van der Waals surface area contributed by atoms with Crippen molar-refractivity contribution in [2.24, 2.45) is 0 Å². The third-order valence-corrected chi connectivity index (χ3v) is 4.54. The molecular formula is C19H16N4O4S. The first-order chi connectivity index (χ1) is 13.5. The zero-order valence-electron chi connectivity index (χ0n) is 14.6. The van der Waals surface area contributed by atoms with Crippen molar-refractivity contribution in [1.82, 2.24) is 4.98 Å². The lowest BCUT2D eigenvalue weighted by molar-refractivity contribution is -0.384. The highest BCUT2D eigenvalue weighted by Crippen LogP contribution is 2.20. The third kappa shape index (κ3) is 5.21. The topological polar surface area (TPSA) is 114 Å². The van der Waals surface area contributed by atoms with Gasteiger partial charge in [-0.1, -0.05) is 36.4 Å². The second kappa shape index (κ2) is 8.87. The van der Waals surface area contributed by atoms with E-state index in [1.165, 1.54) is 23.6 Å². The number of rotatable bonds is 7. The fraction of sp³-hybridized carbons (Fsp3) is 0.105. The van der Waals surface area contributed by atoms with Crippen LogP contribution in [0.4, 0.5) is 16.5 Å². The highest BCUT2D eigenvalue weighted by atomic mass is 32.1. The van der Waals surface area contributed by atoms with Gasteiger partial charge in [0.1, 0.15) is 5.69 Å². The first-order valence-corrected chi connectivity index (χ1v) is 9.24. The first-order valence-electron chi connectivity index (χ1n) is 8.36. The van der Waals surface area contributed by atoms with E-state index in [4.69, 9.17) is 0 Å². The van der Waals surface area contributed by atoms with Crippen LogP contribution in [0.25, 0.3) is 0 Å². The van der Waals surface area contributed by atoms with Crippen molar-refractivity contribution in [3.63, 3.8) is 0 Å². The van der Waals surface area contributed by atoms with Gasteiger partial charge in [-0.2, -0.15) is 0 Å². The van der Waals surface area contributed by atoms with E-state index in [0.29, 0.717) is 23.7 Å². The molecule has 0 bridgehead atoms. The highest BCUT2D eigenvalue weighted by molar-refractivity contribution is 7.14. The number of carbonyl (C=O) groups excluding carboxylic acids is 2. The molecule has 0 spiro atoms. The number of carbonyl (C=O) groups is 2. The highest BCUT2D eigenvalue weighted by Gasteiger charge is 2.14. The van der Waals surface area contributed by atoms with Gasteiger partial charge in [-0.05, 0) is 18.1 Å². The number of hydrogen-bond acceptors (Lipinski definition) is 6. The molecule has 28 heavy (non-hydrogen) atoms. The standard InChI is InChI=1S/C19H16N4O4S/c24-17(10-9-13-5-2-1-3-6-13)22-19-21-16(12-28-19)18(25)20-14-7-4-8-15(11-14)23(26)27/h1-8,11-12H,9-10H2,(H,20,25)(H,21,22,24). The summed E-state index contributed by atoms with van der Waals surface area (Å²) in [6.07, 6.45) is 0.914. The number of aryl methyl sites for hydroxylation is 1. The van der Waals surface area contributed by atoms with Gasteiger partial charge in [0, 0.05) is 29.6 Å². The predicted octanol–water partition coefficient (Wildman–Crippen LogP) is 3.87. The smallest absolute Gasteiger partial charge is 0.275 e. The van der Waals surface area contributed by atoms with E-state index in [1.807, 2.05) is 30.3 Å². The van der Waals surface area contributed by atoms with E-state index in [0.717, 1.165) is 16.9 Å². The minimum Gasteiger partial charge on any atom is -0.320 e. The Morgan fingerprint density at radius 1 is 1.07 bits per heavy atom. The van der Waals surface area contributed by atoms with Crippen LogP contribution in [0.3, 0.4) is 0 Å². The van der Waals surface area contributed by atoms with Gasteiger partial charge < -0.3 is 10.6 Å². The molecule has 9 heteroatoms. The summed E-state index contributed by atoms with van der Waals surface area (Å²) in [6.45, 7) is 0. The molecule has 1 heterocycles. The number of benzene rings is 2. The van der Waals surface area contributed by atoms with Crippen LogP contribution >= 0.6 is 11.3 Å². The molecule has 1 aromatic heterocycles. The second-order valence-electron chi connectivity index (χ2n) is 5.83. The molecule has 0 saturated carbocycles. The Hall–Kier alpha value is -3.59. The molecule has 3 aromatic rings. The molecule has 0 aliphatic rings. The number of nitrogens with zero attached hydrogens (tertiary/aromatic N) is 2. The second-order valence-corrected chi connectivity index (χ2v) is 6.69. The van der Waals surface area contributed by atoms with Crippen LogP contribution in [0.1, 0.15) is 22.5 Å². The molecule has 0 saturated heterocycles. The molecule has 8 nitrogen and oxygen atoms in total. The van der Waals surface area contributed by atoms with Crippen LogP contribution in [-0.2, 0) is 11.2 Å². The minimum atomic E-state index is -0.540. The third-order valence-electron chi connectivity index (χ3n) is 3.78. The molecule has 2 N–H and O–H groups in total. The molecule has 142 valence electrons. The van der Waals surface area contributed by atoms with Crippen molar-refractivity contribution in [2.45, 2.75) is 12.8 Å². The van der Waals surface area contributed by atoms with Crippen LogP contribution in [0.15, 0.2) is 60.0 Å². The van der Waals surface area contributed by atoms with Gasteiger partial charge in [-0.3, -0.25) is 19.7 Å². The molecule has 3 rings (SSSR count). The average Bonchev–Trinajstić information content (AvgIpc) is 3.16. The summed E-state index contributed by atoms with van der Waals surface area (Å²) in [5.41, 5.74) is 1.35. The number of hydrogen-bond donors (Lipinski definition) is 2. The van der Waals surface area contributed by atoms with Crippen LogP contribution in [0, 0.1) is 10.1 Å². The van der Waals surface area contributed by atoms with Gasteiger partial charge in [0.05, 0.1) is 4.92 Å². The van der Waals surface area contributed by atoms with Crippen LogP contribution in [-0.4, -0.2) is 21.7 Å². The summed E-state index contributed by atoms with van der Waals surface area (Å²) in [6, 6.07) is 15.3. The normalized spacial score (nSPS) is 10.3. The van der Waals surface area contributed by atoms with Crippen molar-refractivity contribution >= 4 is 39.7 Å². The number of nitro groups is 1. The SMILES string of the molecule is O=C(CCc1ccccc1)Nc1nc(C(=O)Nc2cccc([N+](=O)[O-])c2)cs1. The summed E-state index contributed by atoms with van der Waals surface area (Å²) >= 11 is 1.13. The van der Waals surface area contributed by atoms with E-state index < -0.39 is 10.8 Å². The summed E-state index contributed by atoms with van der Waals surface area (Å²) in [7, 11) is 0. The Kier molecular flexibility index (Phi) is 6.07. The van der Waals surface area contributed by atoms with E-state index >= 15 is 0 Å². The molecule has 0 aliphatic carbocycles. The molecule has 0 atom stereocenters. The number of non-ortho nitro benzene ring substituents is 1. The Labute approximate surface area is 164 Å². The molecule has 2 aromatic carbocycles. The van der Waals surface area contributed by atoms with E-state index in [9.17, 15) is 19.7 Å². The summed E-state index contributed by atoms with van der Waals surface area (Å²) in [5, 5.41) is 17.9. The van der Waals surface area contributed by atoms with Gasteiger partial charge in [0.15, 0.2) is 5.13 Å². The quantitative estimate of drug-likeness (QED) is 0.465. The predicted molar refractivity (Wildman–Crippen MR) is 107 cm³/mol. The fourth-order valence-electron chi connectivity index (χ4n) is 2.41. The van der Waals surface area contributed by atoms with E-state index in [2.05, 4.69) is 15.6 Å². The lowest BCUT2D eigenvalue weighted by atomic mass is 10.1. The van der Waals surface area contributed by atoms with Crippen molar-refractivity contribution < 1.29 is 14.5 Å². The van der Waals surface area contributed by atoms with Gasteiger partial charge in [0.25, 0.3) is 11.6 Å². The monoisotopic (exact) mass is 396 g/mol. The van der Waals surface area contributed by atoms with Gasteiger partial charge in [0.2, 0.25) is 5.91 Å². The number of amides is 2. The van der Waals surface area contributed by atoms with E-state index in [1.54, 1.807) is 6.07 Å². The maximum atomic E-state index is 12.3. The molecule has 2 amide bonds. The summed E-state index contributed by atoms with van der Waals surface area (Å²) in [5.74, 6) is -0.703. The van der Waals surface area contributed by atoms with Gasteiger partial charge in [-0.15, -0.1) is 11.3 Å². The lowest BCUT2D eigenvalue weighted by Crippen LogP contribution is -2.14. The van der Waals surface area contributed by atoms with E-state index in [-0.39, 0.29) is 17.3 Å². The number of anilines is 2. The fourth-order valence-corrected chi connectivity index (χ4v) is 3.12. The molecule has 0 unspecified atom stereocenters. The van der Waals surface area contributed by atoms with Crippen molar-refractivity contribution in [1.29, 1.82) is 0 Å². The zero-order chi connectivity index (χ0) is 19.9. The zero-order valence-corrected chi connectivity index (χ0v) is 15.4. The molecular weight excluding hydrogens is 380 g/mol. The lowest BCUT2D eigenvalue weighted by Gasteiger charge is -2.03. The van der Waals surface area contributed by atoms with Crippen molar-refractivity contribution in [3.8, 4) is 0 Å². The van der Waals surface area contributed by atoms with Crippen LogP contribution in [0.5, 0.6) is 0 Å². The van der Waals surface area contributed by atoms with Crippen molar-refractivity contribution in [3.05, 3.63) is 81.3 Å². The van der Waals surface area contributed by atoms with Crippen LogP contribution < -0.4 is 10.6 Å². The Bertz CT molecular complexity index is 1000. The molecule has 0 aliphatic heterocycles. The molecule has 0 radical (unpaired) electrons. The minimum absolute atomic E-state index is 0.120. The first kappa shape index (κ1) is 19.2. The largest absolute Gasteiger partial charge is 0.320 e.